The molecule has 0 aliphatic heterocycles. The Bertz CT molecular complexity index is 1180. The van der Waals surface area contributed by atoms with Gasteiger partial charge in [-0.05, 0) is 48.9 Å². The van der Waals surface area contributed by atoms with E-state index in [9.17, 15) is 4.79 Å². The number of aromatic nitrogens is 3. The summed E-state index contributed by atoms with van der Waals surface area (Å²) in [7, 11) is 1.33. The van der Waals surface area contributed by atoms with E-state index in [0.29, 0.717) is 21.8 Å². The van der Waals surface area contributed by atoms with Crippen LogP contribution in [0.1, 0.15) is 21.7 Å². The van der Waals surface area contributed by atoms with Gasteiger partial charge in [0.25, 0.3) is 0 Å². The zero-order chi connectivity index (χ0) is 21.1. The maximum atomic E-state index is 11.9. The molecule has 2 heterocycles. The fourth-order valence-electron chi connectivity index (χ4n) is 3.04. The van der Waals surface area contributed by atoms with E-state index >= 15 is 0 Å². The molecule has 2 aromatic carbocycles. The standard InChI is InChI=1S/C22H18ClN3O3S/c1-14-5-3-4-6-18(14)26-20(15-7-9-17(23)10-8-15)24-25-22(26)30-13-16-11-12-29-19(16)21(27)28-2/h3-12H,13H2,1-2H3. The Kier molecular flexibility index (Phi) is 5.92. The number of aryl methyl sites for hydroxylation is 1. The number of para-hydroxylation sites is 1. The average Bonchev–Trinajstić information content (AvgIpc) is 3.39. The second-order valence-corrected chi connectivity index (χ2v) is 7.87. The predicted octanol–water partition coefficient (Wildman–Crippen LogP) is 5.57. The molecule has 4 rings (SSSR count). The van der Waals surface area contributed by atoms with Crippen molar-refractivity contribution in [3.05, 3.63) is 82.8 Å². The Morgan fingerprint density at radius 1 is 1.13 bits per heavy atom. The Labute approximate surface area is 182 Å². The van der Waals surface area contributed by atoms with E-state index in [1.165, 1.54) is 25.1 Å². The summed E-state index contributed by atoms with van der Waals surface area (Å²) in [5, 5.41) is 10.2. The Morgan fingerprint density at radius 3 is 2.63 bits per heavy atom. The van der Waals surface area contributed by atoms with Crippen molar-refractivity contribution in [2.45, 2.75) is 17.8 Å². The van der Waals surface area contributed by atoms with Crippen LogP contribution in [0.4, 0.5) is 0 Å². The number of carbonyl (C=O) groups excluding carboxylic acids is 1. The summed E-state index contributed by atoms with van der Waals surface area (Å²) in [6.07, 6.45) is 1.48. The first-order valence-corrected chi connectivity index (χ1v) is 10.5. The van der Waals surface area contributed by atoms with E-state index < -0.39 is 5.97 Å². The zero-order valence-electron chi connectivity index (χ0n) is 16.3. The van der Waals surface area contributed by atoms with Crippen LogP contribution in [0.3, 0.4) is 0 Å². The molecular weight excluding hydrogens is 422 g/mol. The lowest BCUT2D eigenvalue weighted by molar-refractivity contribution is 0.0564. The van der Waals surface area contributed by atoms with Crippen molar-refractivity contribution >= 4 is 29.3 Å². The summed E-state index contributed by atoms with van der Waals surface area (Å²) < 4.78 is 12.1. The summed E-state index contributed by atoms with van der Waals surface area (Å²) >= 11 is 7.52. The molecule has 152 valence electrons. The molecule has 0 fully saturated rings. The SMILES string of the molecule is COC(=O)c1occc1CSc1nnc(-c2ccc(Cl)cc2)n1-c1ccccc1C. The topological polar surface area (TPSA) is 70.2 Å². The van der Waals surface area contributed by atoms with Crippen molar-refractivity contribution in [3.63, 3.8) is 0 Å². The number of rotatable bonds is 6. The molecule has 0 spiro atoms. The molecule has 0 bridgehead atoms. The number of benzene rings is 2. The lowest BCUT2D eigenvalue weighted by Gasteiger charge is -2.13. The van der Waals surface area contributed by atoms with Crippen LogP contribution in [0.5, 0.6) is 0 Å². The number of carbonyl (C=O) groups is 1. The van der Waals surface area contributed by atoms with Crippen molar-refractivity contribution in [2.24, 2.45) is 0 Å². The van der Waals surface area contributed by atoms with Gasteiger partial charge in [-0.1, -0.05) is 41.6 Å². The Morgan fingerprint density at radius 2 is 1.90 bits per heavy atom. The number of halogens is 1. The molecule has 0 amide bonds. The van der Waals surface area contributed by atoms with Crippen LogP contribution >= 0.6 is 23.4 Å². The highest BCUT2D eigenvalue weighted by molar-refractivity contribution is 7.98. The van der Waals surface area contributed by atoms with E-state index in [4.69, 9.17) is 20.8 Å². The third kappa shape index (κ3) is 3.99. The van der Waals surface area contributed by atoms with E-state index in [1.807, 2.05) is 60.0 Å². The second kappa shape index (κ2) is 8.77. The van der Waals surface area contributed by atoms with Gasteiger partial charge in [0.15, 0.2) is 11.0 Å². The fraction of sp³-hybridized carbons (Fsp3) is 0.136. The van der Waals surface area contributed by atoms with Gasteiger partial charge in [-0.3, -0.25) is 4.57 Å². The van der Waals surface area contributed by atoms with Crippen LogP contribution in [0.15, 0.2) is 70.4 Å². The fourth-order valence-corrected chi connectivity index (χ4v) is 4.09. The largest absolute Gasteiger partial charge is 0.463 e. The number of thioether (sulfide) groups is 1. The van der Waals surface area contributed by atoms with Crippen LogP contribution in [-0.4, -0.2) is 27.8 Å². The quantitative estimate of drug-likeness (QED) is 0.289. The minimum atomic E-state index is -0.502. The predicted molar refractivity (Wildman–Crippen MR) is 116 cm³/mol. The minimum absolute atomic E-state index is 0.199. The van der Waals surface area contributed by atoms with Crippen LogP contribution in [0.2, 0.25) is 5.02 Å². The molecule has 0 N–H and O–H groups in total. The first-order valence-electron chi connectivity index (χ1n) is 9.13. The molecule has 4 aromatic rings. The molecule has 0 aliphatic carbocycles. The van der Waals surface area contributed by atoms with E-state index in [-0.39, 0.29) is 5.76 Å². The summed E-state index contributed by atoms with van der Waals surface area (Å²) in [6.45, 7) is 2.04. The molecule has 30 heavy (non-hydrogen) atoms. The number of esters is 1. The van der Waals surface area contributed by atoms with Gasteiger partial charge in [0.05, 0.1) is 19.1 Å². The highest BCUT2D eigenvalue weighted by atomic mass is 35.5. The molecule has 0 unspecified atom stereocenters. The van der Waals surface area contributed by atoms with Gasteiger partial charge < -0.3 is 9.15 Å². The normalized spacial score (nSPS) is 10.9. The highest BCUT2D eigenvalue weighted by Gasteiger charge is 2.20. The van der Waals surface area contributed by atoms with Crippen molar-refractivity contribution in [2.75, 3.05) is 7.11 Å². The summed E-state index contributed by atoms with van der Waals surface area (Å²) in [4.78, 5) is 11.9. The van der Waals surface area contributed by atoms with Crippen LogP contribution < -0.4 is 0 Å². The van der Waals surface area contributed by atoms with Crippen molar-refractivity contribution in [1.82, 2.24) is 14.8 Å². The van der Waals surface area contributed by atoms with Crippen molar-refractivity contribution < 1.29 is 13.9 Å². The lowest BCUT2D eigenvalue weighted by Crippen LogP contribution is -2.04. The first-order chi connectivity index (χ1) is 14.6. The second-order valence-electron chi connectivity index (χ2n) is 6.49. The molecule has 0 aliphatic rings. The molecule has 8 heteroatoms. The van der Waals surface area contributed by atoms with E-state index in [0.717, 1.165) is 22.4 Å². The maximum absolute atomic E-state index is 11.9. The van der Waals surface area contributed by atoms with Crippen LogP contribution in [0.25, 0.3) is 17.1 Å². The Balaban J connectivity index is 1.74. The smallest absolute Gasteiger partial charge is 0.374 e. The zero-order valence-corrected chi connectivity index (χ0v) is 17.9. The highest BCUT2D eigenvalue weighted by Crippen LogP contribution is 2.32. The summed E-state index contributed by atoms with van der Waals surface area (Å²) in [5.41, 5.74) is 3.71. The van der Waals surface area contributed by atoms with Crippen molar-refractivity contribution in [1.29, 1.82) is 0 Å². The van der Waals surface area contributed by atoms with Gasteiger partial charge in [0, 0.05) is 21.9 Å². The molecule has 0 saturated heterocycles. The van der Waals surface area contributed by atoms with E-state index in [2.05, 4.69) is 10.2 Å². The first kappa shape index (κ1) is 20.3. The molecule has 2 aromatic heterocycles. The summed E-state index contributed by atoms with van der Waals surface area (Å²) in [5.74, 6) is 0.887. The number of nitrogens with zero attached hydrogens (tertiary/aromatic N) is 3. The van der Waals surface area contributed by atoms with Gasteiger partial charge in [-0.2, -0.15) is 0 Å². The molecular formula is C22H18ClN3O3S. The van der Waals surface area contributed by atoms with Gasteiger partial charge in [-0.15, -0.1) is 10.2 Å². The third-order valence-corrected chi connectivity index (χ3v) is 5.80. The molecule has 6 nitrogen and oxygen atoms in total. The number of hydrogen-bond donors (Lipinski definition) is 0. The minimum Gasteiger partial charge on any atom is -0.463 e. The molecule has 0 saturated carbocycles. The van der Waals surface area contributed by atoms with Gasteiger partial charge >= 0.3 is 5.97 Å². The number of furan rings is 1. The van der Waals surface area contributed by atoms with Crippen LogP contribution in [0, 0.1) is 6.92 Å². The van der Waals surface area contributed by atoms with Gasteiger partial charge in [0.1, 0.15) is 0 Å². The average molecular weight is 440 g/mol. The number of methoxy groups -OCH3 is 1. The summed E-state index contributed by atoms with van der Waals surface area (Å²) in [6, 6.07) is 17.3. The number of ether oxygens (including phenoxy) is 1. The van der Waals surface area contributed by atoms with E-state index in [1.54, 1.807) is 6.07 Å². The third-order valence-electron chi connectivity index (χ3n) is 4.57. The van der Waals surface area contributed by atoms with Gasteiger partial charge in [-0.25, -0.2) is 4.79 Å². The maximum Gasteiger partial charge on any atom is 0.374 e. The Hall–Kier alpha value is -3.03. The lowest BCUT2D eigenvalue weighted by atomic mass is 10.1. The molecule has 0 radical (unpaired) electrons. The van der Waals surface area contributed by atoms with Crippen LogP contribution in [-0.2, 0) is 10.5 Å². The van der Waals surface area contributed by atoms with Crippen molar-refractivity contribution in [3.8, 4) is 17.1 Å². The van der Waals surface area contributed by atoms with Gasteiger partial charge in [0.2, 0.25) is 5.76 Å². The number of hydrogen-bond acceptors (Lipinski definition) is 6. The monoisotopic (exact) mass is 439 g/mol. The molecule has 0 atom stereocenters.